The van der Waals surface area contributed by atoms with Gasteiger partial charge in [0.15, 0.2) is 11.6 Å². The lowest BCUT2D eigenvalue weighted by Gasteiger charge is -2.07. The lowest BCUT2D eigenvalue weighted by atomic mass is 10.2. The number of aliphatic hydroxyl groups excluding tert-OH is 1. The Kier molecular flexibility index (Phi) is 5.30. The monoisotopic (exact) mass is 401 g/mol. The predicted molar refractivity (Wildman–Crippen MR) is 93.1 cm³/mol. The lowest BCUT2D eigenvalue weighted by Crippen LogP contribution is -2.23. The standard InChI is InChI=1S/C16H13F2NO3S3/c17-12-5-4-11(8-13(12)18)25(21,22)19-9-10-3-6-15(24-10)16(20)14-2-1-7-23-14/h1-8,16,19-20H,9H2. The third-order valence-corrected chi connectivity index (χ3v) is 6.86. The highest BCUT2D eigenvalue weighted by atomic mass is 32.2. The van der Waals surface area contributed by atoms with Gasteiger partial charge in [-0.25, -0.2) is 21.9 Å². The Morgan fingerprint density at radius 1 is 1.08 bits per heavy atom. The Morgan fingerprint density at radius 2 is 1.88 bits per heavy atom. The lowest BCUT2D eigenvalue weighted by molar-refractivity contribution is 0.228. The summed E-state index contributed by atoms with van der Waals surface area (Å²) in [5.41, 5.74) is 0. The molecular weight excluding hydrogens is 388 g/mol. The molecule has 0 saturated carbocycles. The van der Waals surface area contributed by atoms with Crippen LogP contribution in [0.3, 0.4) is 0 Å². The van der Waals surface area contributed by atoms with E-state index in [1.165, 1.54) is 22.7 Å². The van der Waals surface area contributed by atoms with Crippen LogP contribution in [0.2, 0.25) is 0 Å². The number of benzene rings is 1. The van der Waals surface area contributed by atoms with E-state index < -0.39 is 27.8 Å². The van der Waals surface area contributed by atoms with Gasteiger partial charge in [-0.15, -0.1) is 22.7 Å². The van der Waals surface area contributed by atoms with Gasteiger partial charge in [0.05, 0.1) is 4.90 Å². The van der Waals surface area contributed by atoms with E-state index in [0.29, 0.717) is 15.8 Å². The Morgan fingerprint density at radius 3 is 2.56 bits per heavy atom. The number of aliphatic hydroxyl groups is 1. The van der Waals surface area contributed by atoms with Gasteiger partial charge >= 0.3 is 0 Å². The van der Waals surface area contributed by atoms with Crippen LogP contribution in [0.1, 0.15) is 20.7 Å². The molecule has 9 heteroatoms. The molecule has 0 aliphatic rings. The zero-order valence-electron chi connectivity index (χ0n) is 12.6. The summed E-state index contributed by atoms with van der Waals surface area (Å²) in [4.78, 5) is 1.85. The molecule has 1 unspecified atom stereocenters. The highest BCUT2D eigenvalue weighted by molar-refractivity contribution is 7.89. The van der Waals surface area contributed by atoms with Crippen LogP contribution in [0.25, 0.3) is 0 Å². The smallest absolute Gasteiger partial charge is 0.241 e. The minimum atomic E-state index is -3.96. The van der Waals surface area contributed by atoms with Crippen molar-refractivity contribution in [2.45, 2.75) is 17.5 Å². The van der Waals surface area contributed by atoms with Crippen molar-refractivity contribution in [3.05, 3.63) is 74.1 Å². The Hall–Kier alpha value is -1.65. The second-order valence-electron chi connectivity index (χ2n) is 5.12. The van der Waals surface area contributed by atoms with Crippen LogP contribution in [0.5, 0.6) is 0 Å². The molecule has 2 heterocycles. The fourth-order valence-corrected chi connectivity index (χ4v) is 4.99. The quantitative estimate of drug-likeness (QED) is 0.663. The minimum absolute atomic E-state index is 0.0108. The molecule has 3 aromatic rings. The second kappa shape index (κ2) is 7.30. The zero-order valence-corrected chi connectivity index (χ0v) is 15.1. The number of rotatable bonds is 6. The van der Waals surface area contributed by atoms with Gasteiger partial charge in [-0.2, -0.15) is 0 Å². The van der Waals surface area contributed by atoms with Crippen LogP contribution in [-0.4, -0.2) is 13.5 Å². The first-order valence-electron chi connectivity index (χ1n) is 7.11. The van der Waals surface area contributed by atoms with Crippen LogP contribution >= 0.6 is 22.7 Å². The van der Waals surface area contributed by atoms with Crippen molar-refractivity contribution in [1.82, 2.24) is 4.72 Å². The summed E-state index contributed by atoms with van der Waals surface area (Å²) >= 11 is 2.71. The molecule has 1 atom stereocenters. The molecule has 2 N–H and O–H groups in total. The summed E-state index contributed by atoms with van der Waals surface area (Å²) in [6.07, 6.45) is -0.749. The van der Waals surface area contributed by atoms with Gasteiger partial charge in [0, 0.05) is 21.2 Å². The van der Waals surface area contributed by atoms with E-state index >= 15 is 0 Å². The van der Waals surface area contributed by atoms with Gasteiger partial charge in [-0.1, -0.05) is 6.07 Å². The average Bonchev–Trinajstić information content (AvgIpc) is 3.26. The van der Waals surface area contributed by atoms with Crippen LogP contribution < -0.4 is 4.72 Å². The van der Waals surface area contributed by atoms with Crippen LogP contribution in [0.15, 0.2) is 52.7 Å². The van der Waals surface area contributed by atoms with E-state index in [0.717, 1.165) is 17.0 Å². The molecule has 3 rings (SSSR count). The van der Waals surface area contributed by atoms with Gasteiger partial charge in [0.1, 0.15) is 6.10 Å². The molecule has 0 aliphatic heterocycles. The molecule has 0 bridgehead atoms. The fraction of sp³-hybridized carbons (Fsp3) is 0.125. The predicted octanol–water partition coefficient (Wildman–Crippen LogP) is 3.65. The van der Waals surface area contributed by atoms with Crippen LogP contribution in [-0.2, 0) is 16.6 Å². The van der Waals surface area contributed by atoms with E-state index in [1.54, 1.807) is 12.1 Å². The first-order valence-corrected chi connectivity index (χ1v) is 10.3. The maximum Gasteiger partial charge on any atom is 0.241 e. The molecule has 1 aromatic carbocycles. The molecular formula is C16H13F2NO3S3. The minimum Gasteiger partial charge on any atom is -0.382 e. The first-order chi connectivity index (χ1) is 11.9. The summed E-state index contributed by atoms with van der Waals surface area (Å²) in [5.74, 6) is -2.33. The van der Waals surface area contributed by atoms with E-state index in [4.69, 9.17) is 0 Å². The van der Waals surface area contributed by atoms with Gasteiger partial charge in [-0.05, 0) is 41.8 Å². The number of halogens is 2. The van der Waals surface area contributed by atoms with E-state index in [2.05, 4.69) is 4.72 Å². The molecule has 0 spiro atoms. The Bertz CT molecular complexity index is 968. The summed E-state index contributed by atoms with van der Waals surface area (Å²) in [7, 11) is -3.96. The van der Waals surface area contributed by atoms with Gasteiger partial charge < -0.3 is 5.11 Å². The molecule has 0 amide bonds. The Balaban J connectivity index is 1.70. The third-order valence-electron chi connectivity index (χ3n) is 3.40. The van der Waals surface area contributed by atoms with Crippen molar-refractivity contribution in [1.29, 1.82) is 0 Å². The number of sulfonamides is 1. The molecule has 25 heavy (non-hydrogen) atoms. The number of thiophene rings is 2. The molecule has 0 aliphatic carbocycles. The molecule has 0 radical (unpaired) electrons. The second-order valence-corrected chi connectivity index (χ2v) is 9.07. The van der Waals surface area contributed by atoms with Crippen molar-refractivity contribution < 1.29 is 22.3 Å². The van der Waals surface area contributed by atoms with Crippen LogP contribution in [0, 0.1) is 11.6 Å². The third kappa shape index (κ3) is 4.13. The van der Waals surface area contributed by atoms with Gasteiger partial charge in [0.2, 0.25) is 10.0 Å². The summed E-state index contributed by atoms with van der Waals surface area (Å²) in [6, 6.07) is 9.51. The molecule has 2 aromatic heterocycles. The summed E-state index contributed by atoms with van der Waals surface area (Å²) in [5, 5.41) is 12.1. The van der Waals surface area contributed by atoms with E-state index in [1.807, 2.05) is 17.5 Å². The number of nitrogens with one attached hydrogen (secondary N) is 1. The van der Waals surface area contributed by atoms with E-state index in [-0.39, 0.29) is 11.4 Å². The number of hydrogen-bond acceptors (Lipinski definition) is 5. The van der Waals surface area contributed by atoms with Crippen molar-refractivity contribution in [2.75, 3.05) is 0 Å². The summed E-state index contributed by atoms with van der Waals surface area (Å²) in [6.45, 7) is -0.0108. The maximum atomic E-state index is 13.2. The maximum absolute atomic E-state index is 13.2. The van der Waals surface area contributed by atoms with E-state index in [9.17, 15) is 22.3 Å². The Labute approximate surface area is 151 Å². The molecule has 0 saturated heterocycles. The normalized spacial score (nSPS) is 13.1. The largest absolute Gasteiger partial charge is 0.382 e. The van der Waals surface area contributed by atoms with Crippen molar-refractivity contribution in [3.8, 4) is 0 Å². The van der Waals surface area contributed by atoms with Crippen molar-refractivity contribution in [2.24, 2.45) is 0 Å². The highest BCUT2D eigenvalue weighted by Gasteiger charge is 2.18. The number of hydrogen-bond donors (Lipinski definition) is 2. The SMILES string of the molecule is O=S(=O)(NCc1ccc(C(O)c2cccs2)s1)c1ccc(F)c(F)c1. The topological polar surface area (TPSA) is 66.4 Å². The molecule has 0 fully saturated rings. The first kappa shape index (κ1) is 18.2. The zero-order chi connectivity index (χ0) is 18.0. The van der Waals surface area contributed by atoms with Crippen molar-refractivity contribution in [3.63, 3.8) is 0 Å². The van der Waals surface area contributed by atoms with Crippen molar-refractivity contribution >= 4 is 32.7 Å². The molecule has 4 nitrogen and oxygen atoms in total. The average molecular weight is 401 g/mol. The fourth-order valence-electron chi connectivity index (χ4n) is 2.12. The van der Waals surface area contributed by atoms with Gasteiger partial charge in [-0.3, -0.25) is 0 Å². The van der Waals surface area contributed by atoms with Gasteiger partial charge in [0.25, 0.3) is 0 Å². The highest BCUT2D eigenvalue weighted by Crippen LogP contribution is 2.31. The van der Waals surface area contributed by atoms with Crippen LogP contribution in [0.4, 0.5) is 8.78 Å². The molecule has 132 valence electrons. The summed E-state index contributed by atoms with van der Waals surface area (Å²) < 4.78 is 52.8.